The van der Waals surface area contributed by atoms with E-state index in [2.05, 4.69) is 20.5 Å². The number of rotatable bonds is 9. The highest BCUT2D eigenvalue weighted by Gasteiger charge is 2.11. The number of aromatic nitrogens is 1. The van der Waals surface area contributed by atoms with Crippen molar-refractivity contribution in [2.24, 2.45) is 0 Å². The molecule has 2 aromatic carbocycles. The maximum Gasteiger partial charge on any atom is 0.248 e. The fraction of sp³-hybridized carbons (Fsp3) is 0.214. The number of pyridine rings is 1. The number of carbonyl (C=O) groups is 1. The molecule has 1 fully saturated rings. The molecule has 1 saturated heterocycles. The Balaban J connectivity index is 1.32. The van der Waals surface area contributed by atoms with Crippen LogP contribution < -0.4 is 10.6 Å². The second-order valence-electron chi connectivity index (χ2n) is 8.23. The Bertz CT molecular complexity index is 1160. The Morgan fingerprint density at radius 2 is 1.80 bits per heavy atom. The van der Waals surface area contributed by atoms with Gasteiger partial charge in [-0.2, -0.15) is 0 Å². The lowest BCUT2D eigenvalue weighted by molar-refractivity contribution is -0.111. The van der Waals surface area contributed by atoms with E-state index in [-0.39, 0.29) is 5.91 Å². The summed E-state index contributed by atoms with van der Waals surface area (Å²) < 4.78 is 20.2. The normalized spacial score (nSPS) is 14.7. The number of carbonyl (C=O) groups excluding carboxylic acids is 1. The lowest BCUT2D eigenvalue weighted by atomic mass is 10.1. The van der Waals surface area contributed by atoms with Crippen molar-refractivity contribution in [2.45, 2.75) is 13.1 Å². The quantitative estimate of drug-likeness (QED) is 0.445. The molecule has 0 atom stereocenters. The molecule has 4 rings (SSSR count). The Morgan fingerprint density at radius 1 is 1.03 bits per heavy atom. The van der Waals surface area contributed by atoms with Crippen LogP contribution in [0.2, 0.25) is 0 Å². The molecule has 0 spiro atoms. The Kier molecular flexibility index (Phi) is 8.75. The summed E-state index contributed by atoms with van der Waals surface area (Å²) >= 11 is 0. The molecule has 3 aromatic rings. The van der Waals surface area contributed by atoms with Gasteiger partial charge in [-0.05, 0) is 35.4 Å². The zero-order chi connectivity index (χ0) is 24.3. The van der Waals surface area contributed by atoms with E-state index in [0.29, 0.717) is 23.4 Å². The highest BCUT2D eigenvalue weighted by molar-refractivity contribution is 6.02. The molecule has 180 valence electrons. The van der Waals surface area contributed by atoms with Crippen molar-refractivity contribution < 1.29 is 13.9 Å². The number of morpholine rings is 1. The number of nitrogens with one attached hydrogen (secondary N) is 2. The monoisotopic (exact) mass is 472 g/mol. The van der Waals surface area contributed by atoms with Crippen molar-refractivity contribution in [1.82, 2.24) is 15.2 Å². The summed E-state index contributed by atoms with van der Waals surface area (Å²) in [6, 6.07) is 19.1. The molecule has 2 N–H and O–H groups in total. The van der Waals surface area contributed by atoms with Crippen molar-refractivity contribution in [3.8, 4) is 0 Å². The molecule has 6 nitrogen and oxygen atoms in total. The maximum absolute atomic E-state index is 14.8. The standard InChI is InChI=1S/C28H29FN4O2/c29-27(20-31-18-22-4-2-1-3-5-22)26-12-13-30-19-24(26)8-11-28(34)32-25-9-6-23(7-10-25)21-33-14-16-35-17-15-33/h1-13,19-20,31H,14-18,21H2,(H,32,34)/b11-8+,27-20-. The minimum atomic E-state index is -0.431. The summed E-state index contributed by atoms with van der Waals surface area (Å²) in [5, 5.41) is 5.83. The smallest absolute Gasteiger partial charge is 0.248 e. The van der Waals surface area contributed by atoms with Crippen LogP contribution in [0.15, 0.2) is 85.3 Å². The van der Waals surface area contributed by atoms with Gasteiger partial charge in [-0.25, -0.2) is 4.39 Å². The molecule has 1 aliphatic heterocycles. The third-order valence-corrected chi connectivity index (χ3v) is 5.63. The number of hydrogen-bond donors (Lipinski definition) is 2. The topological polar surface area (TPSA) is 66.5 Å². The van der Waals surface area contributed by atoms with Gasteiger partial charge in [-0.1, -0.05) is 42.5 Å². The SMILES string of the molecule is O=C(/C=C/c1cnccc1/C(F)=C/NCc1ccccc1)Nc1ccc(CN2CCOCC2)cc1. The molecule has 1 aromatic heterocycles. The van der Waals surface area contributed by atoms with Crippen LogP contribution in [0.3, 0.4) is 0 Å². The first-order valence-electron chi connectivity index (χ1n) is 11.6. The predicted molar refractivity (Wildman–Crippen MR) is 137 cm³/mol. The van der Waals surface area contributed by atoms with E-state index in [4.69, 9.17) is 4.74 Å². The van der Waals surface area contributed by atoms with E-state index in [1.807, 2.05) is 54.6 Å². The number of benzene rings is 2. The molecule has 0 aliphatic carbocycles. The number of ether oxygens (including phenoxy) is 1. The molecule has 35 heavy (non-hydrogen) atoms. The van der Waals surface area contributed by atoms with E-state index in [0.717, 1.165) is 38.4 Å². The zero-order valence-electron chi connectivity index (χ0n) is 19.5. The minimum Gasteiger partial charge on any atom is -0.384 e. The summed E-state index contributed by atoms with van der Waals surface area (Å²) in [5.74, 6) is -0.730. The van der Waals surface area contributed by atoms with Gasteiger partial charge in [-0.15, -0.1) is 0 Å². The van der Waals surface area contributed by atoms with Crippen LogP contribution >= 0.6 is 0 Å². The first-order chi connectivity index (χ1) is 17.2. The average Bonchev–Trinajstić information content (AvgIpc) is 2.90. The van der Waals surface area contributed by atoms with Crippen molar-refractivity contribution in [2.75, 3.05) is 31.6 Å². The van der Waals surface area contributed by atoms with Gasteiger partial charge < -0.3 is 15.4 Å². The fourth-order valence-electron chi connectivity index (χ4n) is 3.75. The molecule has 0 unspecified atom stereocenters. The summed E-state index contributed by atoms with van der Waals surface area (Å²) in [6.45, 7) is 4.77. The number of nitrogens with zero attached hydrogens (tertiary/aromatic N) is 2. The van der Waals surface area contributed by atoms with E-state index in [1.54, 1.807) is 12.1 Å². The summed E-state index contributed by atoms with van der Waals surface area (Å²) in [4.78, 5) is 18.8. The van der Waals surface area contributed by atoms with Gasteiger partial charge in [0.1, 0.15) is 5.83 Å². The van der Waals surface area contributed by atoms with Crippen molar-refractivity contribution >= 4 is 23.5 Å². The highest BCUT2D eigenvalue weighted by Crippen LogP contribution is 2.20. The largest absolute Gasteiger partial charge is 0.384 e. The second-order valence-corrected chi connectivity index (χ2v) is 8.23. The van der Waals surface area contributed by atoms with Crippen LogP contribution in [0.5, 0.6) is 0 Å². The summed E-state index contributed by atoms with van der Waals surface area (Å²) in [6.07, 6.45) is 7.33. The van der Waals surface area contributed by atoms with Gasteiger partial charge in [0.15, 0.2) is 0 Å². The summed E-state index contributed by atoms with van der Waals surface area (Å²) in [7, 11) is 0. The van der Waals surface area contributed by atoms with Gasteiger partial charge in [-0.3, -0.25) is 14.7 Å². The van der Waals surface area contributed by atoms with Gasteiger partial charge >= 0.3 is 0 Å². The molecule has 0 bridgehead atoms. The first kappa shape index (κ1) is 24.3. The maximum atomic E-state index is 14.8. The molecule has 0 saturated carbocycles. The number of amides is 1. The Morgan fingerprint density at radius 3 is 2.57 bits per heavy atom. The third-order valence-electron chi connectivity index (χ3n) is 5.63. The molecule has 0 radical (unpaired) electrons. The van der Waals surface area contributed by atoms with Crippen LogP contribution in [0, 0.1) is 0 Å². The van der Waals surface area contributed by atoms with E-state index >= 15 is 0 Å². The molecule has 7 heteroatoms. The van der Waals surface area contributed by atoms with Crippen LogP contribution in [-0.2, 0) is 22.6 Å². The number of anilines is 1. The van der Waals surface area contributed by atoms with Gasteiger partial charge in [0.25, 0.3) is 0 Å². The number of halogens is 1. The molecular weight excluding hydrogens is 443 g/mol. The molecule has 1 aliphatic rings. The molecular formula is C28H29FN4O2. The lowest BCUT2D eigenvalue weighted by Gasteiger charge is -2.26. The Hall–Kier alpha value is -3.81. The highest BCUT2D eigenvalue weighted by atomic mass is 19.1. The minimum absolute atomic E-state index is 0.299. The lowest BCUT2D eigenvalue weighted by Crippen LogP contribution is -2.35. The molecule has 1 amide bonds. The second kappa shape index (κ2) is 12.6. The third kappa shape index (κ3) is 7.60. The van der Waals surface area contributed by atoms with Crippen LogP contribution in [-0.4, -0.2) is 42.1 Å². The van der Waals surface area contributed by atoms with Gasteiger partial charge in [0.05, 0.1) is 13.2 Å². The van der Waals surface area contributed by atoms with Gasteiger partial charge in [0.2, 0.25) is 5.91 Å². The first-order valence-corrected chi connectivity index (χ1v) is 11.6. The van der Waals surface area contributed by atoms with Crippen LogP contribution in [0.1, 0.15) is 22.3 Å². The van der Waals surface area contributed by atoms with E-state index in [1.165, 1.54) is 30.2 Å². The average molecular weight is 473 g/mol. The van der Waals surface area contributed by atoms with E-state index in [9.17, 15) is 9.18 Å². The van der Waals surface area contributed by atoms with Crippen LogP contribution in [0.4, 0.5) is 10.1 Å². The zero-order valence-corrected chi connectivity index (χ0v) is 19.5. The van der Waals surface area contributed by atoms with Gasteiger partial charge in [0, 0.05) is 67.7 Å². The van der Waals surface area contributed by atoms with Crippen molar-refractivity contribution in [3.63, 3.8) is 0 Å². The van der Waals surface area contributed by atoms with Crippen molar-refractivity contribution in [3.05, 3.63) is 108 Å². The summed E-state index contributed by atoms with van der Waals surface area (Å²) in [5.41, 5.74) is 3.81. The van der Waals surface area contributed by atoms with Crippen molar-refractivity contribution in [1.29, 1.82) is 0 Å². The van der Waals surface area contributed by atoms with Crippen LogP contribution in [0.25, 0.3) is 11.9 Å². The number of hydrogen-bond acceptors (Lipinski definition) is 5. The Labute approximate surface area is 205 Å². The molecule has 2 heterocycles. The fourth-order valence-corrected chi connectivity index (χ4v) is 3.75. The van der Waals surface area contributed by atoms with E-state index < -0.39 is 5.83 Å². The predicted octanol–water partition coefficient (Wildman–Crippen LogP) is 4.62.